The molecule has 0 unspecified atom stereocenters. The lowest BCUT2D eigenvalue weighted by Gasteiger charge is -2.22. The maximum absolute atomic E-state index is 2.43. The molecule has 0 N–H and O–H groups in total. The minimum absolute atomic E-state index is 0.180. The summed E-state index contributed by atoms with van der Waals surface area (Å²) < 4.78 is 0. The zero-order chi connectivity index (χ0) is 9.84. The van der Waals surface area contributed by atoms with Gasteiger partial charge in [0.15, 0.2) is 0 Å². The summed E-state index contributed by atoms with van der Waals surface area (Å²) in [5.41, 5.74) is 1.57. The molecule has 0 aliphatic carbocycles. The van der Waals surface area contributed by atoms with E-state index in [0.717, 1.165) is 5.16 Å². The predicted molar refractivity (Wildman–Crippen MR) is 64.1 cm³/mol. The van der Waals surface area contributed by atoms with Gasteiger partial charge in [-0.15, -0.1) is 0 Å². The Morgan fingerprint density at radius 3 is 1.69 bits per heavy atom. The van der Waals surface area contributed by atoms with Gasteiger partial charge in [-0.1, -0.05) is 62.1 Å². The highest BCUT2D eigenvalue weighted by Gasteiger charge is 2.20. The van der Waals surface area contributed by atoms with Crippen LogP contribution in [0.3, 0.4) is 0 Å². The second kappa shape index (κ2) is 4.77. The zero-order valence-corrected chi connectivity index (χ0v) is 11.0. The minimum atomic E-state index is -0.180. The van der Waals surface area contributed by atoms with E-state index in [1.807, 2.05) is 0 Å². The third-order valence-corrected chi connectivity index (χ3v) is 8.73. The second-order valence-electron chi connectivity index (χ2n) is 4.00. The molecule has 0 bridgehead atoms. The van der Waals surface area contributed by atoms with Crippen molar-refractivity contribution in [1.82, 2.24) is 0 Å². The summed E-state index contributed by atoms with van der Waals surface area (Å²) in [6.07, 6.45) is 0. The van der Waals surface area contributed by atoms with Gasteiger partial charge in [0, 0.05) is 17.6 Å². The molecule has 0 aliphatic heterocycles. The number of benzene rings is 1. The van der Waals surface area contributed by atoms with Crippen molar-refractivity contribution < 1.29 is 0 Å². The summed E-state index contributed by atoms with van der Waals surface area (Å²) in [6, 6.07) is 11.0. The SMILES string of the molecule is C[Si](C)C(c1ccccc1)[Si](C)C. The molecule has 0 atom stereocenters. The lowest BCUT2D eigenvalue weighted by atomic mass is 10.2. The van der Waals surface area contributed by atoms with Crippen LogP contribution in [0.2, 0.25) is 26.2 Å². The van der Waals surface area contributed by atoms with Gasteiger partial charge in [-0.05, 0) is 5.16 Å². The first-order valence-electron chi connectivity index (χ1n) is 4.78. The van der Waals surface area contributed by atoms with Gasteiger partial charge in [0.25, 0.3) is 0 Å². The van der Waals surface area contributed by atoms with Crippen LogP contribution in [0.5, 0.6) is 0 Å². The molecular weight excluding hydrogens is 188 g/mol. The van der Waals surface area contributed by atoms with Gasteiger partial charge in [-0.3, -0.25) is 0 Å². The Kier molecular flexibility index (Phi) is 3.94. The van der Waals surface area contributed by atoms with E-state index >= 15 is 0 Å². The third kappa shape index (κ3) is 2.81. The second-order valence-corrected chi connectivity index (χ2v) is 10.0. The average Bonchev–Trinajstić information content (AvgIpc) is 2.04. The molecule has 2 radical (unpaired) electrons. The molecule has 0 heterocycles. The monoisotopic (exact) mass is 206 g/mol. The maximum Gasteiger partial charge on any atom is 0.0464 e. The Morgan fingerprint density at radius 2 is 1.31 bits per heavy atom. The average molecular weight is 206 g/mol. The van der Waals surface area contributed by atoms with E-state index in [1.54, 1.807) is 5.56 Å². The van der Waals surface area contributed by atoms with Gasteiger partial charge in [0.1, 0.15) is 0 Å². The predicted octanol–water partition coefficient (Wildman–Crippen LogP) is 3.36. The van der Waals surface area contributed by atoms with Crippen LogP contribution in [0.1, 0.15) is 10.7 Å². The van der Waals surface area contributed by atoms with E-state index in [-0.39, 0.29) is 17.6 Å². The third-order valence-electron chi connectivity index (χ3n) is 2.29. The van der Waals surface area contributed by atoms with Crippen LogP contribution in [-0.2, 0) is 0 Å². The molecule has 0 amide bonds. The van der Waals surface area contributed by atoms with Crippen molar-refractivity contribution in [1.29, 1.82) is 0 Å². The molecule has 0 saturated heterocycles. The van der Waals surface area contributed by atoms with Crippen LogP contribution < -0.4 is 0 Å². The molecular formula is C11H18Si2. The molecule has 70 valence electrons. The summed E-state index contributed by atoms with van der Waals surface area (Å²) in [5.74, 6) is 0. The van der Waals surface area contributed by atoms with Gasteiger partial charge in [0.05, 0.1) is 0 Å². The fourth-order valence-corrected chi connectivity index (χ4v) is 8.23. The van der Waals surface area contributed by atoms with Gasteiger partial charge in [-0.25, -0.2) is 0 Å². The first-order valence-corrected chi connectivity index (χ1v) is 9.93. The van der Waals surface area contributed by atoms with Gasteiger partial charge >= 0.3 is 0 Å². The summed E-state index contributed by atoms with van der Waals surface area (Å²) in [4.78, 5) is 0. The van der Waals surface area contributed by atoms with Crippen LogP contribution in [0.25, 0.3) is 0 Å². The molecule has 0 nitrogen and oxygen atoms in total. The fraction of sp³-hybridized carbons (Fsp3) is 0.455. The van der Waals surface area contributed by atoms with E-state index < -0.39 is 0 Å². The Morgan fingerprint density at radius 1 is 0.846 bits per heavy atom. The Balaban J connectivity index is 2.89. The Hall–Kier alpha value is -0.346. The molecule has 0 saturated carbocycles. The molecule has 1 aromatic rings. The zero-order valence-electron chi connectivity index (χ0n) is 8.96. The minimum Gasteiger partial charge on any atom is -0.0710 e. The van der Waals surface area contributed by atoms with Crippen molar-refractivity contribution in [3.8, 4) is 0 Å². The topological polar surface area (TPSA) is 0 Å². The van der Waals surface area contributed by atoms with E-state index in [4.69, 9.17) is 0 Å². The van der Waals surface area contributed by atoms with Gasteiger partial charge in [0.2, 0.25) is 0 Å². The largest absolute Gasteiger partial charge is 0.0710 e. The van der Waals surface area contributed by atoms with Crippen molar-refractivity contribution in [2.45, 2.75) is 31.4 Å². The van der Waals surface area contributed by atoms with Crippen molar-refractivity contribution in [3.63, 3.8) is 0 Å². The summed E-state index contributed by atoms with van der Waals surface area (Å²) >= 11 is 0. The van der Waals surface area contributed by atoms with Crippen molar-refractivity contribution in [3.05, 3.63) is 35.9 Å². The van der Waals surface area contributed by atoms with Crippen LogP contribution >= 0.6 is 0 Å². The number of hydrogen-bond donors (Lipinski definition) is 0. The molecule has 0 fully saturated rings. The van der Waals surface area contributed by atoms with Crippen LogP contribution in [0.15, 0.2) is 30.3 Å². The van der Waals surface area contributed by atoms with Crippen molar-refractivity contribution in [2.24, 2.45) is 0 Å². The summed E-state index contributed by atoms with van der Waals surface area (Å²) in [7, 11) is -0.359. The van der Waals surface area contributed by atoms with Crippen LogP contribution in [0.4, 0.5) is 0 Å². The molecule has 1 aromatic carbocycles. The molecule has 0 aliphatic rings. The smallest absolute Gasteiger partial charge is 0.0464 e. The fourth-order valence-electron chi connectivity index (χ4n) is 1.89. The highest BCUT2D eigenvalue weighted by molar-refractivity contribution is 6.77. The Labute approximate surface area is 85.2 Å². The molecule has 1 rings (SSSR count). The summed E-state index contributed by atoms with van der Waals surface area (Å²) in [5, 5.41) is 0.899. The normalized spacial score (nSPS) is 11.6. The van der Waals surface area contributed by atoms with E-state index in [1.165, 1.54) is 0 Å². The Bertz CT molecular complexity index is 234. The molecule has 13 heavy (non-hydrogen) atoms. The number of rotatable bonds is 3. The molecule has 0 spiro atoms. The standard InChI is InChI=1S/C11H18Si2/c1-12(2)11(13(3)4)10-8-6-5-7-9-10/h5-9,11H,1-4H3. The summed E-state index contributed by atoms with van der Waals surface area (Å²) in [6.45, 7) is 9.72. The quantitative estimate of drug-likeness (QED) is 0.665. The van der Waals surface area contributed by atoms with E-state index in [9.17, 15) is 0 Å². The van der Waals surface area contributed by atoms with Crippen molar-refractivity contribution >= 4 is 17.6 Å². The van der Waals surface area contributed by atoms with Crippen LogP contribution in [-0.4, -0.2) is 17.6 Å². The van der Waals surface area contributed by atoms with Gasteiger partial charge in [-0.2, -0.15) is 0 Å². The lowest BCUT2D eigenvalue weighted by Crippen LogP contribution is -2.27. The molecule has 2 heteroatoms. The lowest BCUT2D eigenvalue weighted by molar-refractivity contribution is 1.25. The highest BCUT2D eigenvalue weighted by atomic mass is 28.3. The van der Waals surface area contributed by atoms with Crippen molar-refractivity contribution in [2.75, 3.05) is 0 Å². The highest BCUT2D eigenvalue weighted by Crippen LogP contribution is 2.21. The van der Waals surface area contributed by atoms with Crippen LogP contribution in [0, 0.1) is 0 Å². The first-order chi connectivity index (χ1) is 6.13. The number of hydrogen-bond acceptors (Lipinski definition) is 0. The maximum atomic E-state index is 2.43. The van der Waals surface area contributed by atoms with Gasteiger partial charge < -0.3 is 0 Å². The van der Waals surface area contributed by atoms with E-state index in [2.05, 4.69) is 56.5 Å². The first kappa shape index (κ1) is 10.7. The van der Waals surface area contributed by atoms with E-state index in [0.29, 0.717) is 0 Å². The molecule has 0 aromatic heterocycles.